The molecule has 3 aliphatic rings. The highest BCUT2D eigenvalue weighted by molar-refractivity contribution is 14.1. The van der Waals surface area contributed by atoms with Gasteiger partial charge >= 0.3 is 0 Å². The van der Waals surface area contributed by atoms with Gasteiger partial charge in [0.15, 0.2) is 5.69 Å². The molecular formula is C28H37IN6O3. The number of alkyl halides is 1. The van der Waals surface area contributed by atoms with Gasteiger partial charge in [-0.25, -0.2) is 0 Å². The van der Waals surface area contributed by atoms with Crippen LogP contribution in [0.3, 0.4) is 0 Å². The molecule has 2 aromatic rings. The molecule has 3 heterocycles. The predicted octanol–water partition coefficient (Wildman–Crippen LogP) is 3.38. The van der Waals surface area contributed by atoms with E-state index >= 15 is 0 Å². The van der Waals surface area contributed by atoms with Gasteiger partial charge in [-0.3, -0.25) is 19.1 Å². The average molecular weight is 633 g/mol. The molecule has 1 atom stereocenters. The first-order valence-corrected chi connectivity index (χ1v) is 15.2. The number of piperazine rings is 1. The molecule has 10 heteroatoms. The maximum Gasteiger partial charge on any atom is 0.274 e. The van der Waals surface area contributed by atoms with E-state index in [1.54, 1.807) is 22.6 Å². The van der Waals surface area contributed by atoms with Crippen molar-refractivity contribution in [2.45, 2.75) is 69.0 Å². The van der Waals surface area contributed by atoms with Gasteiger partial charge in [-0.2, -0.15) is 5.10 Å². The quantitative estimate of drug-likeness (QED) is 0.390. The van der Waals surface area contributed by atoms with Gasteiger partial charge in [-0.05, 0) is 50.8 Å². The van der Waals surface area contributed by atoms with Crippen molar-refractivity contribution in [2.24, 2.45) is 0 Å². The normalized spacial score (nSPS) is 22.1. The number of anilines is 1. The van der Waals surface area contributed by atoms with Crippen LogP contribution < -0.4 is 10.2 Å². The number of fused-ring (bicyclic) bond motifs is 1. The third-order valence-corrected chi connectivity index (χ3v) is 9.23. The summed E-state index contributed by atoms with van der Waals surface area (Å²) in [5.74, 6) is -0.575. The van der Waals surface area contributed by atoms with Crippen molar-refractivity contribution < 1.29 is 14.4 Å². The van der Waals surface area contributed by atoms with Crippen LogP contribution in [0, 0.1) is 6.92 Å². The van der Waals surface area contributed by atoms with Crippen molar-refractivity contribution >= 4 is 46.0 Å². The van der Waals surface area contributed by atoms with Crippen LogP contribution in [0.2, 0.25) is 0 Å². The highest BCUT2D eigenvalue weighted by Crippen LogP contribution is 2.29. The Morgan fingerprint density at radius 2 is 1.84 bits per heavy atom. The van der Waals surface area contributed by atoms with E-state index < -0.39 is 5.54 Å². The molecule has 1 unspecified atom stereocenters. The zero-order valence-electron chi connectivity index (χ0n) is 22.5. The van der Waals surface area contributed by atoms with Crippen molar-refractivity contribution in [2.75, 3.05) is 37.6 Å². The van der Waals surface area contributed by atoms with Gasteiger partial charge in [-0.1, -0.05) is 47.6 Å². The van der Waals surface area contributed by atoms with E-state index in [9.17, 15) is 14.4 Å². The third-order valence-electron chi connectivity index (χ3n) is 8.35. The van der Waals surface area contributed by atoms with Gasteiger partial charge in [0, 0.05) is 54.9 Å². The molecule has 1 saturated heterocycles. The average Bonchev–Trinajstić information content (AvgIpc) is 3.59. The molecule has 2 aliphatic heterocycles. The maximum absolute atomic E-state index is 13.5. The second-order valence-corrected chi connectivity index (χ2v) is 11.6. The minimum atomic E-state index is -1.05. The Morgan fingerprint density at radius 1 is 1.13 bits per heavy atom. The molecule has 0 radical (unpaired) electrons. The van der Waals surface area contributed by atoms with Gasteiger partial charge in [0.25, 0.3) is 11.8 Å². The van der Waals surface area contributed by atoms with Crippen LogP contribution >= 0.6 is 22.6 Å². The Bertz CT molecular complexity index is 1230. The molecule has 38 heavy (non-hydrogen) atoms. The van der Waals surface area contributed by atoms with Crippen LogP contribution in [0.4, 0.5) is 5.69 Å². The lowest BCUT2D eigenvalue weighted by Crippen LogP contribution is -2.64. The fraction of sp³-hybridized carbons (Fsp3) is 0.571. The molecule has 5 rings (SSSR count). The number of aryl methyl sites for hydroxylation is 1. The lowest BCUT2D eigenvalue weighted by molar-refractivity contribution is -0.133. The molecule has 2 fully saturated rings. The van der Waals surface area contributed by atoms with Gasteiger partial charge in [0.05, 0.1) is 6.54 Å². The smallest absolute Gasteiger partial charge is 0.274 e. The number of carbonyl (C=O) groups excluding carboxylic acids is 3. The predicted molar refractivity (Wildman–Crippen MR) is 155 cm³/mol. The molecule has 1 saturated carbocycles. The number of likely N-dealkylation sites (N-methyl/N-ethyl adjacent to an activating group) is 1. The first-order valence-electron chi connectivity index (χ1n) is 13.7. The topological polar surface area (TPSA) is 90.8 Å². The molecule has 0 bridgehead atoms. The molecule has 1 aliphatic carbocycles. The largest absolute Gasteiger partial charge is 0.368 e. The maximum atomic E-state index is 13.5. The third kappa shape index (κ3) is 4.91. The number of rotatable bonds is 6. The fourth-order valence-corrected chi connectivity index (χ4v) is 6.52. The molecular weight excluding hydrogens is 595 g/mol. The van der Waals surface area contributed by atoms with Crippen molar-refractivity contribution in [3.8, 4) is 0 Å². The van der Waals surface area contributed by atoms with Crippen LogP contribution in [0.1, 0.15) is 71.6 Å². The number of halogens is 1. The number of hydrogen-bond acceptors (Lipinski definition) is 5. The molecule has 204 valence electrons. The number of amides is 3. The second kappa shape index (κ2) is 10.9. The number of benzene rings is 1. The summed E-state index contributed by atoms with van der Waals surface area (Å²) in [6.45, 7) is 9.11. The number of aromatic nitrogens is 2. The summed E-state index contributed by atoms with van der Waals surface area (Å²) < 4.78 is 2.52. The minimum absolute atomic E-state index is 0.147. The molecule has 1 N–H and O–H groups in total. The summed E-state index contributed by atoms with van der Waals surface area (Å²) in [6.07, 6.45) is 4.19. The van der Waals surface area contributed by atoms with E-state index in [-0.39, 0.29) is 36.0 Å². The van der Waals surface area contributed by atoms with Crippen LogP contribution in [0.5, 0.6) is 0 Å². The monoisotopic (exact) mass is 632 g/mol. The van der Waals surface area contributed by atoms with Crippen LogP contribution in [0.25, 0.3) is 0 Å². The van der Waals surface area contributed by atoms with Crippen molar-refractivity contribution in [3.05, 3.63) is 46.8 Å². The van der Waals surface area contributed by atoms with E-state index in [4.69, 9.17) is 0 Å². The first kappa shape index (κ1) is 27.0. The Hall–Kier alpha value is -2.63. The highest BCUT2D eigenvalue weighted by atomic mass is 127. The van der Waals surface area contributed by atoms with Gasteiger partial charge in [0.2, 0.25) is 5.91 Å². The minimum Gasteiger partial charge on any atom is -0.368 e. The van der Waals surface area contributed by atoms with Crippen LogP contribution in [0.15, 0.2) is 24.3 Å². The lowest BCUT2D eigenvalue weighted by Gasteiger charge is -2.43. The van der Waals surface area contributed by atoms with Crippen molar-refractivity contribution in [1.29, 1.82) is 0 Å². The number of hydrogen-bond donors (Lipinski definition) is 1. The summed E-state index contributed by atoms with van der Waals surface area (Å²) in [4.78, 5) is 46.0. The summed E-state index contributed by atoms with van der Waals surface area (Å²) in [5.41, 5.74) is 3.34. The zero-order valence-corrected chi connectivity index (χ0v) is 24.7. The number of nitrogens with zero attached hydrogens (tertiary/aromatic N) is 5. The Balaban J connectivity index is 1.30. The van der Waals surface area contributed by atoms with Gasteiger partial charge < -0.3 is 20.0 Å². The van der Waals surface area contributed by atoms with Gasteiger partial charge in [0.1, 0.15) is 11.2 Å². The standard InChI is InChI=1S/C28H37IN6O3/c1-4-34-26(37)24-16-22(31-35(24)18-28(34,3)27(38)30-21-7-5-6-8-21)25(36)33-13-11-32(12-14-33)23-15-20(17-29)10-9-19(23)2/h9-10,15-16,21H,4-8,11-14,17-18H2,1-3H3,(H,30,38). The van der Waals surface area contributed by atoms with Gasteiger partial charge in [-0.15, -0.1) is 0 Å². The van der Waals surface area contributed by atoms with E-state index in [1.165, 1.54) is 16.8 Å². The van der Waals surface area contributed by atoms with Crippen LogP contribution in [-0.2, 0) is 15.8 Å². The second-order valence-electron chi connectivity index (χ2n) is 10.9. The lowest BCUT2D eigenvalue weighted by atomic mass is 9.94. The SMILES string of the molecule is CCN1C(=O)c2cc(C(=O)N3CCN(c4cc(CI)ccc4C)CC3)nn2CC1(C)C(=O)NC1CCCC1. The Morgan fingerprint density at radius 3 is 2.50 bits per heavy atom. The molecule has 1 aromatic heterocycles. The van der Waals surface area contributed by atoms with Crippen LogP contribution in [-0.4, -0.2) is 81.6 Å². The van der Waals surface area contributed by atoms with E-state index in [2.05, 4.69) is 63.0 Å². The summed E-state index contributed by atoms with van der Waals surface area (Å²) in [7, 11) is 0. The van der Waals surface area contributed by atoms with Crippen molar-refractivity contribution in [3.63, 3.8) is 0 Å². The fourth-order valence-electron chi connectivity index (χ4n) is 6.04. The summed E-state index contributed by atoms with van der Waals surface area (Å²) in [5, 5.41) is 7.71. The molecule has 9 nitrogen and oxygen atoms in total. The number of nitrogens with one attached hydrogen (secondary N) is 1. The molecule has 0 spiro atoms. The van der Waals surface area contributed by atoms with E-state index in [0.29, 0.717) is 25.3 Å². The van der Waals surface area contributed by atoms with E-state index in [1.807, 2.05) is 11.8 Å². The molecule has 3 amide bonds. The molecule has 1 aromatic carbocycles. The zero-order chi connectivity index (χ0) is 27.0. The summed E-state index contributed by atoms with van der Waals surface area (Å²) in [6, 6.07) is 8.33. The Labute approximate surface area is 238 Å². The highest BCUT2D eigenvalue weighted by Gasteiger charge is 2.48. The first-order chi connectivity index (χ1) is 18.2. The Kier molecular flexibility index (Phi) is 7.70. The van der Waals surface area contributed by atoms with Crippen molar-refractivity contribution in [1.82, 2.24) is 24.9 Å². The van der Waals surface area contributed by atoms with E-state index in [0.717, 1.165) is 43.2 Å². The number of carbonyl (C=O) groups is 3. The summed E-state index contributed by atoms with van der Waals surface area (Å²) >= 11 is 2.38.